The standard InChI is InChI=1S/C8H16O5/c1-6(10)3-7(11)8(4-9)13-5-12-2/h3,6,8-11H,4-5H2,1-2H3/b7-3+. The van der Waals surface area contributed by atoms with Crippen molar-refractivity contribution in [2.24, 2.45) is 0 Å². The van der Waals surface area contributed by atoms with Gasteiger partial charge in [0.25, 0.3) is 0 Å². The average molecular weight is 192 g/mol. The summed E-state index contributed by atoms with van der Waals surface area (Å²) in [7, 11) is 1.43. The Kier molecular flexibility index (Phi) is 6.52. The predicted molar refractivity (Wildman–Crippen MR) is 46.2 cm³/mol. The molecule has 0 fully saturated rings. The van der Waals surface area contributed by atoms with Gasteiger partial charge in [-0.15, -0.1) is 0 Å². The zero-order chi connectivity index (χ0) is 10.3. The highest BCUT2D eigenvalue weighted by molar-refractivity contribution is 5.00. The van der Waals surface area contributed by atoms with E-state index in [9.17, 15) is 5.11 Å². The molecule has 0 amide bonds. The average Bonchev–Trinajstić information content (AvgIpc) is 2.04. The summed E-state index contributed by atoms with van der Waals surface area (Å²) in [6.45, 7) is 1.10. The van der Waals surface area contributed by atoms with E-state index in [4.69, 9.17) is 14.9 Å². The first kappa shape index (κ1) is 12.4. The van der Waals surface area contributed by atoms with E-state index >= 15 is 0 Å². The fraction of sp³-hybridized carbons (Fsp3) is 0.750. The topological polar surface area (TPSA) is 79.2 Å². The fourth-order valence-electron chi connectivity index (χ4n) is 0.736. The van der Waals surface area contributed by atoms with Crippen LogP contribution in [0.3, 0.4) is 0 Å². The summed E-state index contributed by atoms with van der Waals surface area (Å²) in [6, 6.07) is 0. The Labute approximate surface area is 77.2 Å². The molecule has 5 nitrogen and oxygen atoms in total. The van der Waals surface area contributed by atoms with E-state index < -0.39 is 12.2 Å². The van der Waals surface area contributed by atoms with Crippen molar-refractivity contribution in [3.63, 3.8) is 0 Å². The SMILES string of the molecule is COCOC(CO)/C(O)=C\C(C)O. The van der Waals surface area contributed by atoms with Gasteiger partial charge < -0.3 is 24.8 Å². The van der Waals surface area contributed by atoms with Crippen molar-refractivity contribution in [3.05, 3.63) is 11.8 Å². The Bertz CT molecular complexity index is 155. The number of hydrogen-bond donors (Lipinski definition) is 3. The first-order valence-electron chi connectivity index (χ1n) is 3.92. The van der Waals surface area contributed by atoms with Gasteiger partial charge in [0.2, 0.25) is 0 Å². The Morgan fingerprint density at radius 2 is 2.15 bits per heavy atom. The summed E-state index contributed by atoms with van der Waals surface area (Å²) in [6.07, 6.45) is -0.425. The van der Waals surface area contributed by atoms with Gasteiger partial charge in [0.05, 0.1) is 12.7 Å². The van der Waals surface area contributed by atoms with Gasteiger partial charge in [0.1, 0.15) is 18.7 Å². The van der Waals surface area contributed by atoms with Crippen LogP contribution < -0.4 is 0 Å². The maximum Gasteiger partial charge on any atom is 0.147 e. The molecule has 0 aromatic carbocycles. The van der Waals surface area contributed by atoms with Crippen LogP contribution in [0.15, 0.2) is 11.8 Å². The molecular weight excluding hydrogens is 176 g/mol. The molecule has 0 aromatic heterocycles. The van der Waals surface area contributed by atoms with Crippen LogP contribution >= 0.6 is 0 Å². The van der Waals surface area contributed by atoms with Gasteiger partial charge >= 0.3 is 0 Å². The Balaban J connectivity index is 4.06. The van der Waals surface area contributed by atoms with Gasteiger partial charge in [-0.05, 0) is 13.0 Å². The van der Waals surface area contributed by atoms with Crippen LogP contribution in [-0.4, -0.2) is 48.0 Å². The molecule has 2 atom stereocenters. The lowest BCUT2D eigenvalue weighted by molar-refractivity contribution is -0.0849. The van der Waals surface area contributed by atoms with E-state index in [1.807, 2.05) is 0 Å². The highest BCUT2D eigenvalue weighted by Gasteiger charge is 2.13. The van der Waals surface area contributed by atoms with Gasteiger partial charge in [0, 0.05) is 7.11 Å². The van der Waals surface area contributed by atoms with Crippen molar-refractivity contribution < 1.29 is 24.8 Å². The number of ether oxygens (including phenoxy) is 2. The lowest BCUT2D eigenvalue weighted by atomic mass is 10.2. The fourth-order valence-corrected chi connectivity index (χ4v) is 0.736. The third kappa shape index (κ3) is 5.59. The molecule has 0 saturated heterocycles. The number of methoxy groups -OCH3 is 1. The lowest BCUT2D eigenvalue weighted by Gasteiger charge is -2.14. The van der Waals surface area contributed by atoms with E-state index in [-0.39, 0.29) is 19.2 Å². The Morgan fingerprint density at radius 1 is 1.54 bits per heavy atom. The molecule has 0 aliphatic rings. The van der Waals surface area contributed by atoms with E-state index in [0.29, 0.717) is 0 Å². The van der Waals surface area contributed by atoms with Crippen LogP contribution in [0, 0.1) is 0 Å². The van der Waals surface area contributed by atoms with E-state index in [2.05, 4.69) is 4.74 Å². The second-order valence-corrected chi connectivity index (χ2v) is 2.58. The minimum Gasteiger partial charge on any atom is -0.510 e. The smallest absolute Gasteiger partial charge is 0.147 e. The molecule has 0 heterocycles. The quantitative estimate of drug-likeness (QED) is 0.401. The van der Waals surface area contributed by atoms with Gasteiger partial charge in [-0.2, -0.15) is 0 Å². The molecule has 78 valence electrons. The molecule has 5 heteroatoms. The first-order chi connectivity index (χ1) is 6.11. The van der Waals surface area contributed by atoms with Gasteiger partial charge in [-0.3, -0.25) is 0 Å². The molecule has 0 spiro atoms. The molecule has 13 heavy (non-hydrogen) atoms. The molecular formula is C8H16O5. The van der Waals surface area contributed by atoms with Crippen molar-refractivity contribution >= 4 is 0 Å². The zero-order valence-electron chi connectivity index (χ0n) is 7.80. The van der Waals surface area contributed by atoms with Crippen molar-refractivity contribution in [2.45, 2.75) is 19.1 Å². The third-order valence-electron chi connectivity index (χ3n) is 1.29. The molecule has 0 radical (unpaired) electrons. The van der Waals surface area contributed by atoms with E-state index in [1.54, 1.807) is 0 Å². The van der Waals surface area contributed by atoms with E-state index in [1.165, 1.54) is 20.1 Å². The van der Waals surface area contributed by atoms with Crippen LogP contribution in [-0.2, 0) is 9.47 Å². The summed E-state index contributed by atoms with van der Waals surface area (Å²) in [5.41, 5.74) is 0. The Hall–Kier alpha value is -0.620. The summed E-state index contributed by atoms with van der Waals surface area (Å²) < 4.78 is 9.50. The minimum absolute atomic E-state index is 0.0249. The van der Waals surface area contributed by atoms with Crippen molar-refractivity contribution in [1.29, 1.82) is 0 Å². The van der Waals surface area contributed by atoms with Crippen LogP contribution in [0.5, 0.6) is 0 Å². The molecule has 0 aliphatic heterocycles. The van der Waals surface area contributed by atoms with Crippen LogP contribution in [0.25, 0.3) is 0 Å². The van der Waals surface area contributed by atoms with Crippen LogP contribution in [0.1, 0.15) is 6.92 Å². The van der Waals surface area contributed by atoms with Crippen LogP contribution in [0.4, 0.5) is 0 Å². The number of rotatable bonds is 6. The molecule has 3 N–H and O–H groups in total. The summed E-state index contributed by atoms with van der Waals surface area (Å²) in [5, 5.41) is 26.9. The normalized spacial score (nSPS) is 17.1. The zero-order valence-corrected chi connectivity index (χ0v) is 7.80. The second kappa shape index (κ2) is 6.85. The van der Waals surface area contributed by atoms with Gasteiger partial charge in [0.15, 0.2) is 0 Å². The molecule has 0 aliphatic carbocycles. The third-order valence-corrected chi connectivity index (χ3v) is 1.29. The van der Waals surface area contributed by atoms with Gasteiger partial charge in [-0.25, -0.2) is 0 Å². The molecule has 2 unspecified atom stereocenters. The van der Waals surface area contributed by atoms with Crippen molar-refractivity contribution in [3.8, 4) is 0 Å². The highest BCUT2D eigenvalue weighted by Crippen LogP contribution is 2.04. The lowest BCUT2D eigenvalue weighted by Crippen LogP contribution is -2.22. The number of hydrogen-bond acceptors (Lipinski definition) is 5. The summed E-state index contributed by atoms with van der Waals surface area (Å²) in [5.74, 6) is -0.199. The minimum atomic E-state index is -0.838. The molecule has 0 saturated carbocycles. The summed E-state index contributed by atoms with van der Waals surface area (Å²) in [4.78, 5) is 0. The monoisotopic (exact) mass is 192 g/mol. The highest BCUT2D eigenvalue weighted by atomic mass is 16.7. The second-order valence-electron chi connectivity index (χ2n) is 2.58. The first-order valence-corrected chi connectivity index (χ1v) is 3.92. The van der Waals surface area contributed by atoms with Crippen molar-refractivity contribution in [1.82, 2.24) is 0 Å². The van der Waals surface area contributed by atoms with E-state index in [0.717, 1.165) is 0 Å². The molecule has 0 bridgehead atoms. The molecule has 0 aromatic rings. The maximum atomic E-state index is 9.27. The van der Waals surface area contributed by atoms with Crippen molar-refractivity contribution in [2.75, 3.05) is 20.5 Å². The Morgan fingerprint density at radius 3 is 2.54 bits per heavy atom. The van der Waals surface area contributed by atoms with Gasteiger partial charge in [-0.1, -0.05) is 0 Å². The predicted octanol–water partition coefficient (Wildman–Crippen LogP) is -0.209. The largest absolute Gasteiger partial charge is 0.510 e. The molecule has 0 rings (SSSR count). The summed E-state index contributed by atoms with van der Waals surface area (Å²) >= 11 is 0. The number of aliphatic hydroxyl groups is 3. The maximum absolute atomic E-state index is 9.27. The number of aliphatic hydroxyl groups excluding tert-OH is 3. The van der Waals surface area contributed by atoms with Crippen LogP contribution in [0.2, 0.25) is 0 Å².